The summed E-state index contributed by atoms with van der Waals surface area (Å²) in [5, 5.41) is 14.5. The maximum Gasteiger partial charge on any atom is 0.343 e. The molecular formula is C68H72N8O3S+4. The number of nitrogens with zero attached hydrogens (tertiary/aromatic N) is 8. The molecule has 6 heterocycles. The Balaban J connectivity index is 1.40. The summed E-state index contributed by atoms with van der Waals surface area (Å²) in [5.41, 5.74) is 13.2. The Morgan fingerprint density at radius 1 is 0.613 bits per heavy atom. The van der Waals surface area contributed by atoms with Crippen molar-refractivity contribution in [2.24, 2.45) is 0 Å². The lowest BCUT2D eigenvalue weighted by atomic mass is 9.82. The molecular weight excluding hydrogens is 1010 g/mol. The molecule has 0 fully saturated rings. The van der Waals surface area contributed by atoms with Gasteiger partial charge in [-0.3, -0.25) is 0 Å². The predicted octanol–water partition coefficient (Wildman–Crippen LogP) is 10.8. The number of carboxylic acid groups (broad SMARTS) is 1. The fourth-order valence-corrected chi connectivity index (χ4v) is 13.2. The number of pyridine rings is 3. The topological polar surface area (TPSA) is 74.1 Å². The highest BCUT2D eigenvalue weighted by molar-refractivity contribution is 7.99. The summed E-state index contributed by atoms with van der Waals surface area (Å²) >= 11 is 1.63. The molecule has 0 atom stereocenters. The first-order chi connectivity index (χ1) is 38.2. The number of aromatic carboxylic acids is 1. The number of benzene rings is 5. The summed E-state index contributed by atoms with van der Waals surface area (Å²) in [5.74, 6) is 0.227. The van der Waals surface area contributed by atoms with Gasteiger partial charge in [-0.25, -0.2) is 9.37 Å². The van der Waals surface area contributed by atoms with E-state index in [-0.39, 0.29) is 16.6 Å². The van der Waals surface area contributed by atoms with E-state index in [0.717, 1.165) is 83.1 Å². The lowest BCUT2D eigenvalue weighted by Gasteiger charge is -2.43. The van der Waals surface area contributed by atoms with E-state index < -0.39 is 5.97 Å². The van der Waals surface area contributed by atoms with Gasteiger partial charge in [0.05, 0.1) is 17.2 Å². The first-order valence-electron chi connectivity index (χ1n) is 27.4. The minimum absolute atomic E-state index is 0.135. The Bertz CT molecular complexity index is 3960. The van der Waals surface area contributed by atoms with Gasteiger partial charge in [0.15, 0.2) is 59.7 Å². The van der Waals surface area contributed by atoms with E-state index in [1.807, 2.05) is 89.8 Å². The van der Waals surface area contributed by atoms with Crippen LogP contribution < -0.4 is 53.2 Å². The third-order valence-corrected chi connectivity index (χ3v) is 17.1. The number of carboxylic acids is 1. The number of carbonyl (C=O) groups is 1. The highest BCUT2D eigenvalue weighted by Crippen LogP contribution is 2.50. The molecule has 1 N–H and O–H groups in total. The highest BCUT2D eigenvalue weighted by atomic mass is 32.2. The number of hydrogen-bond donors (Lipinski definition) is 1. The van der Waals surface area contributed by atoms with Crippen molar-refractivity contribution in [3.8, 4) is 28.6 Å². The summed E-state index contributed by atoms with van der Waals surface area (Å²) in [6.07, 6.45) is 16.9. The molecule has 3 aromatic heterocycles. The number of ether oxygens (including phenoxy) is 1. The maximum atomic E-state index is 15.5. The van der Waals surface area contributed by atoms with Gasteiger partial charge in [0, 0.05) is 166 Å². The Kier molecular flexibility index (Phi) is 13.8. The number of fused-ring (bicyclic) bond motifs is 4. The van der Waals surface area contributed by atoms with Crippen molar-refractivity contribution >= 4 is 57.2 Å². The molecule has 0 saturated carbocycles. The Morgan fingerprint density at radius 2 is 1.14 bits per heavy atom. The molecule has 11 rings (SSSR count). The van der Waals surface area contributed by atoms with Crippen LogP contribution >= 0.6 is 11.8 Å². The zero-order valence-electron chi connectivity index (χ0n) is 48.3. The Hall–Kier alpha value is -8.48. The Labute approximate surface area is 475 Å². The van der Waals surface area contributed by atoms with Crippen LogP contribution in [0.5, 0.6) is 11.5 Å². The normalized spacial score (nSPS) is 14.7. The van der Waals surface area contributed by atoms with Crippen LogP contribution in [0.4, 0.5) is 22.7 Å². The lowest BCUT2D eigenvalue weighted by Crippen LogP contribution is -2.49. The SMILES string of the molecule is CCN1c2cc3c(cc2C(C)=CC1(C)C)C(c1c(C(=O)O)c(-[n+]2ccc(N(C)C)cc2)c(-[n+]2ccc(N(C)C)cc2)c(Sc2ccccc2)c1-[n+]1ccc(N(C)C)cc1)=c1cc2c(cc1O3)=[N+](Cc1ccccc1)C(C)(C)C=C2C. The molecule has 0 aliphatic carbocycles. The average Bonchev–Trinajstić information content (AvgIpc) is 3.46. The number of allylic oxidation sites excluding steroid dienone is 2. The van der Waals surface area contributed by atoms with Crippen molar-refractivity contribution in [2.75, 3.05) is 68.4 Å². The van der Waals surface area contributed by atoms with Crippen LogP contribution in [0.3, 0.4) is 0 Å². The number of rotatable bonds is 13. The maximum absolute atomic E-state index is 15.5. The first-order valence-corrected chi connectivity index (χ1v) is 28.2. The van der Waals surface area contributed by atoms with E-state index in [9.17, 15) is 5.11 Å². The van der Waals surface area contributed by atoms with Gasteiger partial charge in [0.25, 0.3) is 5.69 Å². The molecule has 404 valence electrons. The molecule has 12 heteroatoms. The molecule has 8 aromatic rings. The van der Waals surface area contributed by atoms with Crippen LogP contribution in [0.1, 0.15) is 86.6 Å². The monoisotopic (exact) mass is 1080 g/mol. The van der Waals surface area contributed by atoms with Gasteiger partial charge in [-0.05, 0) is 76.1 Å². The van der Waals surface area contributed by atoms with Crippen molar-refractivity contribution in [1.29, 1.82) is 0 Å². The van der Waals surface area contributed by atoms with Crippen molar-refractivity contribution in [3.05, 3.63) is 215 Å². The minimum Gasteiger partial charge on any atom is -0.477 e. The van der Waals surface area contributed by atoms with Gasteiger partial charge in [0.2, 0.25) is 11.0 Å². The number of likely N-dealkylation sites (N-methyl/N-ethyl adjacent to an activating group) is 1. The first kappa shape index (κ1) is 53.5. The quantitative estimate of drug-likeness (QED) is 0.115. The fourth-order valence-electron chi connectivity index (χ4n) is 12.1. The van der Waals surface area contributed by atoms with Gasteiger partial charge in [-0.2, -0.15) is 13.7 Å². The van der Waals surface area contributed by atoms with Crippen molar-refractivity contribution < 1.29 is 28.3 Å². The van der Waals surface area contributed by atoms with Gasteiger partial charge in [-0.1, -0.05) is 66.4 Å². The lowest BCUT2D eigenvalue weighted by molar-refractivity contribution is -0.637. The molecule has 0 radical (unpaired) electrons. The van der Waals surface area contributed by atoms with E-state index in [4.69, 9.17) is 4.74 Å². The largest absolute Gasteiger partial charge is 0.477 e. The summed E-state index contributed by atoms with van der Waals surface area (Å²) in [6.45, 7) is 17.1. The van der Waals surface area contributed by atoms with Crippen LogP contribution in [0.25, 0.3) is 33.8 Å². The van der Waals surface area contributed by atoms with Crippen LogP contribution in [0.15, 0.2) is 180 Å². The van der Waals surface area contributed by atoms with Crippen molar-refractivity contribution in [1.82, 2.24) is 4.58 Å². The smallest absolute Gasteiger partial charge is 0.343 e. The van der Waals surface area contributed by atoms with Gasteiger partial charge < -0.3 is 29.4 Å². The summed E-state index contributed by atoms with van der Waals surface area (Å²) < 4.78 is 16.1. The molecule has 0 unspecified atom stereocenters. The third kappa shape index (κ3) is 9.48. The average molecular weight is 1080 g/mol. The molecule has 3 aliphatic rings. The molecule has 0 bridgehead atoms. The van der Waals surface area contributed by atoms with E-state index in [0.29, 0.717) is 40.7 Å². The second-order valence-corrected chi connectivity index (χ2v) is 24.0. The van der Waals surface area contributed by atoms with E-state index in [2.05, 4.69) is 209 Å². The van der Waals surface area contributed by atoms with Crippen LogP contribution in [0.2, 0.25) is 0 Å². The summed E-state index contributed by atoms with van der Waals surface area (Å²) in [6, 6.07) is 42.4. The van der Waals surface area contributed by atoms with Crippen LogP contribution in [-0.2, 0) is 6.54 Å². The second-order valence-electron chi connectivity index (χ2n) is 22.9. The highest BCUT2D eigenvalue weighted by Gasteiger charge is 2.46. The standard InChI is InChI=1S/C68H71N8O3S/c1-14-75-55-39-57-53(37-51(55)44(2)41-67(75,4)5)59(54-38-52-45(3)42-68(6,7)76(56(52)40-58(54)79-57)43-46-21-17-15-18-22-46)60-61(66(77)78)62(72-31-25-47(26-32-72)69(8)9)64(74-35-29-49(30-36-74)71(12)13)65(80-50-23-19-16-20-24-50)63(60)73-33-27-48(28-34-73)70(10)11/h15-42H,14,43H2,1-13H3/q+3/p+1. The van der Waals surface area contributed by atoms with Gasteiger partial charge in [-0.15, -0.1) is 0 Å². The molecule has 11 nitrogen and oxygen atoms in total. The molecule has 0 spiro atoms. The van der Waals surface area contributed by atoms with Crippen molar-refractivity contribution in [2.45, 2.75) is 75.9 Å². The van der Waals surface area contributed by atoms with Gasteiger partial charge >= 0.3 is 11.7 Å². The minimum atomic E-state index is -1.08. The van der Waals surface area contributed by atoms with Crippen LogP contribution in [-0.4, -0.2) is 71.0 Å². The number of hydrogen-bond acceptors (Lipinski definition) is 7. The fraction of sp³-hybridized carbons (Fsp3) is 0.250. The second kappa shape index (κ2) is 20.6. The molecule has 5 aromatic carbocycles. The third-order valence-electron chi connectivity index (χ3n) is 16.0. The van der Waals surface area contributed by atoms with Crippen molar-refractivity contribution in [3.63, 3.8) is 0 Å². The van der Waals surface area contributed by atoms with Gasteiger partial charge in [0.1, 0.15) is 11.5 Å². The summed E-state index contributed by atoms with van der Waals surface area (Å²) in [4.78, 5) is 25.9. The molecule has 80 heavy (non-hydrogen) atoms. The molecule has 0 amide bonds. The van der Waals surface area contributed by atoms with Crippen LogP contribution in [0, 0.1) is 0 Å². The predicted molar refractivity (Wildman–Crippen MR) is 325 cm³/mol. The number of aromatic nitrogens is 3. The van der Waals surface area contributed by atoms with E-state index in [1.54, 1.807) is 11.8 Å². The Morgan fingerprint density at radius 3 is 1.68 bits per heavy atom. The molecule has 0 saturated heterocycles. The zero-order chi connectivity index (χ0) is 56.5. The van der Waals surface area contributed by atoms with E-state index >= 15 is 4.79 Å². The summed E-state index contributed by atoms with van der Waals surface area (Å²) in [7, 11) is 12.2. The molecule has 3 aliphatic heterocycles. The zero-order valence-corrected chi connectivity index (χ0v) is 49.1. The van der Waals surface area contributed by atoms with E-state index in [1.165, 1.54) is 5.56 Å². The number of anilines is 4.